The van der Waals surface area contributed by atoms with Crippen LogP contribution in [0.2, 0.25) is 0 Å². The van der Waals surface area contributed by atoms with E-state index in [0.717, 1.165) is 24.2 Å². The zero-order valence-electron chi connectivity index (χ0n) is 15.5. The van der Waals surface area contributed by atoms with E-state index in [9.17, 15) is 9.90 Å². The van der Waals surface area contributed by atoms with Crippen LogP contribution in [0.3, 0.4) is 0 Å². The number of rotatable bonds is 3. The summed E-state index contributed by atoms with van der Waals surface area (Å²) in [5.74, 6) is -0.503. The lowest BCUT2D eigenvalue weighted by Gasteiger charge is -2.41. The van der Waals surface area contributed by atoms with Crippen molar-refractivity contribution in [3.8, 4) is 0 Å². The topological polar surface area (TPSA) is 123 Å². The first-order chi connectivity index (χ1) is 13.7. The maximum atomic E-state index is 12.8. The highest BCUT2D eigenvalue weighted by atomic mass is 16.5. The molecule has 1 aromatic heterocycles. The molecular weight excluding hydrogens is 362 g/mol. The van der Waals surface area contributed by atoms with E-state index in [-0.39, 0.29) is 35.9 Å². The van der Waals surface area contributed by atoms with Crippen molar-refractivity contribution in [1.29, 1.82) is 0 Å². The number of fused-ring (bicyclic) bond motifs is 2. The first-order valence-corrected chi connectivity index (χ1v) is 9.61. The smallest absolute Gasteiger partial charge is 0.264 e. The molecule has 0 bridgehead atoms. The van der Waals surface area contributed by atoms with Crippen LogP contribution in [0.4, 0.5) is 0 Å². The summed E-state index contributed by atoms with van der Waals surface area (Å²) in [6, 6.07) is 6.12. The molecule has 0 radical (unpaired) electrons. The minimum absolute atomic E-state index is 0.0128. The minimum atomic E-state index is -0.900. The fraction of sp³-hybridized carbons (Fsp3) is 0.556. The molecule has 7 unspecified atom stereocenters. The van der Waals surface area contributed by atoms with Gasteiger partial charge in [-0.25, -0.2) is 21.3 Å². The first kappa shape index (κ1) is 18.0. The van der Waals surface area contributed by atoms with Gasteiger partial charge in [-0.1, -0.05) is 6.07 Å². The second kappa shape index (κ2) is 7.07. The van der Waals surface area contributed by atoms with Gasteiger partial charge in [-0.2, -0.15) is 5.53 Å². The second-order valence-corrected chi connectivity index (χ2v) is 7.73. The van der Waals surface area contributed by atoms with Gasteiger partial charge in [-0.15, -0.1) is 0 Å². The van der Waals surface area contributed by atoms with Crippen molar-refractivity contribution in [3.63, 3.8) is 0 Å². The average molecular weight is 387 g/mol. The zero-order chi connectivity index (χ0) is 19.3. The van der Waals surface area contributed by atoms with E-state index in [1.165, 1.54) is 5.01 Å². The predicted octanol–water partition coefficient (Wildman–Crippen LogP) is -1.58. The lowest BCUT2D eigenvalue weighted by atomic mass is 9.78. The summed E-state index contributed by atoms with van der Waals surface area (Å²) in [5, 5.41) is 15.5. The van der Waals surface area contributed by atoms with Crippen LogP contribution in [-0.4, -0.2) is 58.7 Å². The molecular formula is C18H25N7O3. The third-order valence-corrected chi connectivity index (χ3v) is 6.24. The van der Waals surface area contributed by atoms with Crippen molar-refractivity contribution < 1.29 is 14.6 Å². The van der Waals surface area contributed by atoms with Crippen LogP contribution in [0, 0.1) is 5.92 Å². The van der Waals surface area contributed by atoms with Gasteiger partial charge in [0.05, 0.1) is 17.7 Å². The van der Waals surface area contributed by atoms with Gasteiger partial charge in [0, 0.05) is 43.1 Å². The molecule has 3 fully saturated rings. The molecule has 3 aliphatic heterocycles. The molecule has 150 valence electrons. The number of pyridine rings is 1. The normalized spacial score (nSPS) is 39.9. The third-order valence-electron chi connectivity index (χ3n) is 6.24. The van der Waals surface area contributed by atoms with E-state index in [1.807, 2.05) is 18.2 Å². The molecule has 5 rings (SSSR count). The Morgan fingerprint density at radius 2 is 2.07 bits per heavy atom. The minimum Gasteiger partial charge on any atom is -0.381 e. The molecule has 1 amide bonds. The Bertz CT molecular complexity index is 776. The summed E-state index contributed by atoms with van der Waals surface area (Å²) in [7, 11) is 1.71. The van der Waals surface area contributed by atoms with Gasteiger partial charge < -0.3 is 15.2 Å². The number of nitrogens with one attached hydrogen (secondary N) is 5. The standard InChI is InChI=1S/C18H25N7O3/c1-28-14-7-13-12(21-24-22-13)6-9(14)11-8-15(26)25-17(20-11)16(18(27)23-25)10-4-2-3-5-19-10/h2-5,8-9,12-14,16-18,20-24,27H,6-7H2,1H3. The molecule has 4 aliphatic rings. The van der Waals surface area contributed by atoms with Crippen LogP contribution in [-0.2, 0) is 9.53 Å². The number of ether oxygens (including phenoxy) is 1. The van der Waals surface area contributed by atoms with Gasteiger partial charge in [0.15, 0.2) is 0 Å². The number of carbonyl (C=O) groups is 1. The van der Waals surface area contributed by atoms with Gasteiger partial charge in [0.25, 0.3) is 5.91 Å². The largest absolute Gasteiger partial charge is 0.381 e. The highest BCUT2D eigenvalue weighted by molar-refractivity contribution is 5.89. The number of nitrogens with zero attached hydrogens (tertiary/aromatic N) is 2. The van der Waals surface area contributed by atoms with Gasteiger partial charge >= 0.3 is 0 Å². The van der Waals surface area contributed by atoms with Crippen molar-refractivity contribution in [2.75, 3.05) is 7.11 Å². The van der Waals surface area contributed by atoms with Crippen molar-refractivity contribution in [2.45, 2.75) is 49.3 Å². The van der Waals surface area contributed by atoms with E-state index < -0.39 is 12.4 Å². The zero-order valence-corrected chi connectivity index (χ0v) is 15.5. The van der Waals surface area contributed by atoms with E-state index in [2.05, 4.69) is 32.1 Å². The molecule has 0 aromatic carbocycles. The van der Waals surface area contributed by atoms with E-state index in [4.69, 9.17) is 4.74 Å². The van der Waals surface area contributed by atoms with Gasteiger partial charge in [0.1, 0.15) is 12.4 Å². The van der Waals surface area contributed by atoms with Crippen molar-refractivity contribution in [2.24, 2.45) is 5.92 Å². The number of hydrogen-bond acceptors (Lipinski definition) is 9. The predicted molar refractivity (Wildman–Crippen MR) is 98.5 cm³/mol. The van der Waals surface area contributed by atoms with Crippen LogP contribution in [0.5, 0.6) is 0 Å². The number of methoxy groups -OCH3 is 1. The summed E-state index contributed by atoms with van der Waals surface area (Å²) >= 11 is 0. The number of aromatic nitrogens is 1. The lowest BCUT2D eigenvalue weighted by molar-refractivity contribution is -0.132. The lowest BCUT2D eigenvalue weighted by Crippen LogP contribution is -2.56. The van der Waals surface area contributed by atoms with Crippen molar-refractivity contribution >= 4 is 5.91 Å². The van der Waals surface area contributed by atoms with Gasteiger partial charge in [-0.3, -0.25) is 9.78 Å². The number of hydrogen-bond donors (Lipinski definition) is 6. The average Bonchev–Trinajstić information content (AvgIpc) is 3.30. The highest BCUT2D eigenvalue weighted by Gasteiger charge is 2.49. The van der Waals surface area contributed by atoms with Crippen molar-refractivity contribution in [3.05, 3.63) is 41.9 Å². The van der Waals surface area contributed by atoms with Gasteiger partial charge in [0.2, 0.25) is 0 Å². The quantitative estimate of drug-likeness (QED) is 0.365. The highest BCUT2D eigenvalue weighted by Crippen LogP contribution is 2.37. The van der Waals surface area contributed by atoms with Crippen LogP contribution in [0.25, 0.3) is 0 Å². The monoisotopic (exact) mass is 387 g/mol. The fourth-order valence-corrected chi connectivity index (χ4v) is 4.82. The van der Waals surface area contributed by atoms with Crippen LogP contribution >= 0.6 is 0 Å². The molecule has 0 spiro atoms. The fourth-order valence-electron chi connectivity index (χ4n) is 4.82. The maximum absolute atomic E-state index is 12.8. The van der Waals surface area contributed by atoms with Crippen molar-refractivity contribution in [1.82, 2.24) is 37.1 Å². The van der Waals surface area contributed by atoms with E-state index in [0.29, 0.717) is 0 Å². The molecule has 2 saturated heterocycles. The number of hydrazine groups is 3. The van der Waals surface area contributed by atoms with Crippen LogP contribution in [0.15, 0.2) is 36.2 Å². The van der Waals surface area contributed by atoms with Gasteiger partial charge in [-0.05, 0) is 25.0 Å². The van der Waals surface area contributed by atoms with E-state index >= 15 is 0 Å². The molecule has 7 atom stereocenters. The van der Waals surface area contributed by atoms with Crippen LogP contribution in [0.1, 0.15) is 24.5 Å². The Labute approximate surface area is 162 Å². The van der Waals surface area contributed by atoms with Crippen LogP contribution < -0.4 is 27.1 Å². The molecule has 1 aromatic rings. The summed E-state index contributed by atoms with van der Waals surface area (Å²) in [4.78, 5) is 17.2. The summed E-state index contributed by atoms with van der Waals surface area (Å²) < 4.78 is 5.77. The number of aliphatic hydroxyl groups excluding tert-OH is 1. The molecule has 10 nitrogen and oxygen atoms in total. The Hall–Kier alpha value is -2.08. The molecule has 4 heterocycles. The Morgan fingerprint density at radius 1 is 1.25 bits per heavy atom. The summed E-state index contributed by atoms with van der Waals surface area (Å²) in [5.41, 5.74) is 13.9. The number of amides is 1. The Balaban J connectivity index is 1.43. The van der Waals surface area contributed by atoms with E-state index in [1.54, 1.807) is 19.4 Å². The summed E-state index contributed by atoms with van der Waals surface area (Å²) in [6.45, 7) is 0. The SMILES string of the molecule is COC1CC2NNNC2CC1C1=CC(=O)N2NC(O)C(c3ccccn3)C2N1. The summed E-state index contributed by atoms with van der Waals surface area (Å²) in [6.07, 6.45) is 3.64. The molecule has 6 N–H and O–H groups in total. The number of aliphatic hydroxyl groups is 1. The third kappa shape index (κ3) is 2.89. The second-order valence-electron chi connectivity index (χ2n) is 7.73. The molecule has 10 heteroatoms. The Kier molecular flexibility index (Phi) is 4.54. The molecule has 1 aliphatic carbocycles. The molecule has 1 saturated carbocycles. The first-order valence-electron chi connectivity index (χ1n) is 9.61. The maximum Gasteiger partial charge on any atom is 0.264 e. The Morgan fingerprint density at radius 3 is 2.82 bits per heavy atom. The number of carbonyl (C=O) groups excluding carboxylic acids is 1. The molecule has 28 heavy (non-hydrogen) atoms.